The molecule has 4 rings (SSSR count). The minimum atomic E-state index is 0.231. The fourth-order valence-corrected chi connectivity index (χ4v) is 4.28. The monoisotopic (exact) mass is 270 g/mol. The highest BCUT2D eigenvalue weighted by Crippen LogP contribution is 2.49. The van der Waals surface area contributed by atoms with E-state index in [2.05, 4.69) is 61.2 Å². The number of likely N-dealkylation sites (tertiary alicyclic amines) is 1. The Kier molecular flexibility index (Phi) is 2.53. The summed E-state index contributed by atoms with van der Waals surface area (Å²) >= 11 is 0. The number of fused-ring (bicyclic) bond motifs is 5. The van der Waals surface area contributed by atoms with Gasteiger partial charge in [0.05, 0.1) is 11.6 Å². The van der Waals surface area contributed by atoms with E-state index < -0.39 is 0 Å². The molecule has 1 aromatic carbocycles. The maximum Gasteiger partial charge on any atom is 0.141 e. The molecular formula is C17H22N2O. The van der Waals surface area contributed by atoms with E-state index in [9.17, 15) is 0 Å². The van der Waals surface area contributed by atoms with Crippen LogP contribution in [-0.4, -0.2) is 34.8 Å². The van der Waals surface area contributed by atoms with E-state index in [1.807, 2.05) is 0 Å². The molecule has 3 aliphatic rings. The first kappa shape index (κ1) is 12.4. The summed E-state index contributed by atoms with van der Waals surface area (Å²) in [4.78, 5) is 8.46. The molecule has 106 valence electrons. The normalized spacial score (nSPS) is 35.9. The lowest BCUT2D eigenvalue weighted by Gasteiger charge is -2.42. The second kappa shape index (κ2) is 4.08. The van der Waals surface area contributed by atoms with Crippen molar-refractivity contribution in [2.45, 2.75) is 44.9 Å². The van der Waals surface area contributed by atoms with Gasteiger partial charge in [-0.05, 0) is 32.8 Å². The molecule has 3 heteroatoms. The highest BCUT2D eigenvalue weighted by Gasteiger charge is 2.59. The first-order valence-electron chi connectivity index (χ1n) is 7.61. The van der Waals surface area contributed by atoms with Gasteiger partial charge in [-0.2, -0.15) is 0 Å². The van der Waals surface area contributed by atoms with Crippen LogP contribution in [0.5, 0.6) is 0 Å². The van der Waals surface area contributed by atoms with Gasteiger partial charge < -0.3 is 4.84 Å². The molecule has 1 aliphatic carbocycles. The van der Waals surface area contributed by atoms with Crippen molar-refractivity contribution in [3.8, 4) is 0 Å². The highest BCUT2D eigenvalue weighted by atomic mass is 16.6. The van der Waals surface area contributed by atoms with Gasteiger partial charge in [0.25, 0.3) is 0 Å². The predicted octanol–water partition coefficient (Wildman–Crippen LogP) is 2.91. The van der Waals surface area contributed by atoms with Gasteiger partial charge in [-0.1, -0.05) is 35.5 Å². The quantitative estimate of drug-likeness (QED) is 0.784. The van der Waals surface area contributed by atoms with Crippen LogP contribution < -0.4 is 0 Å². The molecule has 1 aromatic rings. The Morgan fingerprint density at radius 2 is 1.95 bits per heavy atom. The molecule has 1 saturated carbocycles. The molecule has 2 fully saturated rings. The third kappa shape index (κ3) is 1.65. The molecule has 2 heterocycles. The average Bonchev–Trinajstić information content (AvgIpc) is 3.10. The zero-order valence-electron chi connectivity index (χ0n) is 12.4. The van der Waals surface area contributed by atoms with Gasteiger partial charge in [-0.25, -0.2) is 0 Å². The molecule has 4 unspecified atom stereocenters. The number of piperidine rings is 1. The third-order valence-electron chi connectivity index (χ3n) is 5.13. The van der Waals surface area contributed by atoms with Crippen molar-refractivity contribution < 1.29 is 4.84 Å². The van der Waals surface area contributed by atoms with Crippen LogP contribution in [0.25, 0.3) is 0 Å². The second-order valence-electron chi connectivity index (χ2n) is 7.32. The lowest BCUT2D eigenvalue weighted by molar-refractivity contribution is -0.0158. The van der Waals surface area contributed by atoms with Crippen LogP contribution in [0.2, 0.25) is 0 Å². The van der Waals surface area contributed by atoms with E-state index in [1.54, 1.807) is 0 Å². The smallest absolute Gasteiger partial charge is 0.141 e. The molecular weight excluding hydrogens is 248 g/mol. The third-order valence-corrected chi connectivity index (χ3v) is 5.13. The van der Waals surface area contributed by atoms with E-state index in [1.165, 1.54) is 12.0 Å². The SMILES string of the molecule is CC(C)(C)N1CC2CC1C1C(c3ccccc3)=NOC21. The minimum absolute atomic E-state index is 0.231. The lowest BCUT2D eigenvalue weighted by Crippen LogP contribution is -2.53. The largest absolute Gasteiger partial charge is 0.391 e. The van der Waals surface area contributed by atoms with Crippen LogP contribution >= 0.6 is 0 Å². The summed E-state index contributed by atoms with van der Waals surface area (Å²) in [6, 6.07) is 11.1. The van der Waals surface area contributed by atoms with E-state index in [0.29, 0.717) is 24.0 Å². The van der Waals surface area contributed by atoms with Crippen LogP contribution in [0.15, 0.2) is 35.5 Å². The number of oxime groups is 1. The number of rotatable bonds is 1. The lowest BCUT2D eigenvalue weighted by atomic mass is 9.85. The molecule has 0 amide bonds. The Morgan fingerprint density at radius 3 is 2.65 bits per heavy atom. The number of benzene rings is 1. The molecule has 0 N–H and O–H groups in total. The van der Waals surface area contributed by atoms with Crippen LogP contribution in [0.1, 0.15) is 32.8 Å². The summed E-state index contributed by atoms with van der Waals surface area (Å²) in [5.74, 6) is 1.10. The number of nitrogens with zero attached hydrogens (tertiary/aromatic N) is 2. The standard InChI is InChI=1S/C17H22N2O/c1-17(2,3)19-10-12-9-13(19)14-15(18-20-16(12)14)11-7-5-4-6-8-11/h4-8,12-14,16H,9-10H2,1-3H3. The van der Waals surface area contributed by atoms with Crippen LogP contribution in [0, 0.1) is 11.8 Å². The van der Waals surface area contributed by atoms with Crippen molar-refractivity contribution in [3.63, 3.8) is 0 Å². The van der Waals surface area contributed by atoms with E-state index >= 15 is 0 Å². The maximum absolute atomic E-state index is 5.80. The molecule has 0 aromatic heterocycles. The molecule has 2 bridgehead atoms. The zero-order chi connectivity index (χ0) is 13.9. The first-order valence-corrected chi connectivity index (χ1v) is 7.61. The maximum atomic E-state index is 5.80. The van der Waals surface area contributed by atoms with Gasteiger partial charge in [0.1, 0.15) is 6.10 Å². The Morgan fingerprint density at radius 1 is 1.20 bits per heavy atom. The Balaban J connectivity index is 1.67. The molecule has 1 saturated heterocycles. The summed E-state index contributed by atoms with van der Waals surface area (Å²) < 4.78 is 0. The van der Waals surface area contributed by atoms with Crippen molar-refractivity contribution in [1.82, 2.24) is 4.90 Å². The van der Waals surface area contributed by atoms with Crippen molar-refractivity contribution >= 4 is 5.71 Å². The predicted molar refractivity (Wildman–Crippen MR) is 79.7 cm³/mol. The minimum Gasteiger partial charge on any atom is -0.391 e. The Hall–Kier alpha value is -1.35. The molecule has 4 atom stereocenters. The van der Waals surface area contributed by atoms with E-state index in [4.69, 9.17) is 4.84 Å². The first-order chi connectivity index (χ1) is 9.55. The topological polar surface area (TPSA) is 24.8 Å². The van der Waals surface area contributed by atoms with Gasteiger partial charge in [0.15, 0.2) is 0 Å². The highest BCUT2D eigenvalue weighted by molar-refractivity contribution is 6.03. The molecule has 2 aliphatic heterocycles. The van der Waals surface area contributed by atoms with Crippen LogP contribution in [0.4, 0.5) is 0 Å². The summed E-state index contributed by atoms with van der Waals surface area (Å²) in [7, 11) is 0. The second-order valence-corrected chi connectivity index (χ2v) is 7.32. The van der Waals surface area contributed by atoms with Gasteiger partial charge in [0, 0.05) is 24.0 Å². The van der Waals surface area contributed by atoms with Gasteiger partial charge >= 0.3 is 0 Å². The molecule has 0 spiro atoms. The van der Waals surface area contributed by atoms with E-state index in [-0.39, 0.29) is 5.54 Å². The summed E-state index contributed by atoms with van der Waals surface area (Å²) in [5.41, 5.74) is 2.62. The fourth-order valence-electron chi connectivity index (χ4n) is 4.28. The Labute approximate surface area is 120 Å². The van der Waals surface area contributed by atoms with Crippen molar-refractivity contribution in [2.75, 3.05) is 6.54 Å². The fraction of sp³-hybridized carbons (Fsp3) is 0.588. The van der Waals surface area contributed by atoms with Crippen molar-refractivity contribution in [2.24, 2.45) is 17.0 Å². The summed E-state index contributed by atoms with van der Waals surface area (Å²) in [5, 5.41) is 4.44. The summed E-state index contributed by atoms with van der Waals surface area (Å²) in [6.07, 6.45) is 1.58. The molecule has 3 nitrogen and oxygen atoms in total. The Bertz CT molecular complexity index is 546. The van der Waals surface area contributed by atoms with Crippen molar-refractivity contribution in [1.29, 1.82) is 0 Å². The van der Waals surface area contributed by atoms with Gasteiger partial charge in [-0.3, -0.25) is 4.90 Å². The van der Waals surface area contributed by atoms with Crippen molar-refractivity contribution in [3.05, 3.63) is 35.9 Å². The summed E-state index contributed by atoms with van der Waals surface area (Å²) in [6.45, 7) is 8.11. The number of hydrogen-bond acceptors (Lipinski definition) is 3. The van der Waals surface area contributed by atoms with Crippen LogP contribution in [0.3, 0.4) is 0 Å². The van der Waals surface area contributed by atoms with Gasteiger partial charge in [0.2, 0.25) is 0 Å². The van der Waals surface area contributed by atoms with Gasteiger partial charge in [-0.15, -0.1) is 0 Å². The molecule has 0 radical (unpaired) electrons. The number of hydrogen-bond donors (Lipinski definition) is 0. The molecule has 20 heavy (non-hydrogen) atoms. The average molecular weight is 270 g/mol. The van der Waals surface area contributed by atoms with E-state index in [0.717, 1.165) is 12.3 Å². The van der Waals surface area contributed by atoms with Crippen LogP contribution in [-0.2, 0) is 4.84 Å². The zero-order valence-corrected chi connectivity index (χ0v) is 12.4.